The van der Waals surface area contributed by atoms with E-state index in [0.717, 1.165) is 16.7 Å². The first kappa shape index (κ1) is 21.0. The Hall–Kier alpha value is -3.59. The number of benzene rings is 3. The van der Waals surface area contributed by atoms with E-state index < -0.39 is 16.9 Å². The molecule has 6 rings (SSSR count). The van der Waals surface area contributed by atoms with Crippen molar-refractivity contribution in [2.75, 3.05) is 13.2 Å². The molecule has 0 N–H and O–H groups in total. The van der Waals surface area contributed by atoms with Crippen molar-refractivity contribution in [3.63, 3.8) is 0 Å². The Bertz CT molecular complexity index is 1220. The summed E-state index contributed by atoms with van der Waals surface area (Å²) in [5.41, 5.74) is 2.89. The van der Waals surface area contributed by atoms with Crippen molar-refractivity contribution >= 4 is 11.6 Å². The Morgan fingerprint density at radius 3 is 2.29 bits per heavy atom. The molecule has 8 heteroatoms. The van der Waals surface area contributed by atoms with Gasteiger partial charge >= 0.3 is 0 Å². The topological polar surface area (TPSA) is 85.2 Å². The van der Waals surface area contributed by atoms with Crippen LogP contribution in [0.4, 0.5) is 5.69 Å². The second kappa shape index (κ2) is 8.02. The third-order valence-corrected chi connectivity index (χ3v) is 6.95. The number of fused-ring (bicyclic) bond motifs is 1. The van der Waals surface area contributed by atoms with Gasteiger partial charge in [-0.2, -0.15) is 0 Å². The molecule has 3 heterocycles. The highest BCUT2D eigenvalue weighted by Crippen LogP contribution is 2.54. The molecule has 0 radical (unpaired) electrons. The highest BCUT2D eigenvalue weighted by molar-refractivity contribution is 5.86. The van der Waals surface area contributed by atoms with E-state index in [1.807, 2.05) is 65.6 Å². The number of hydrogen-bond acceptors (Lipinski definition) is 6. The Kier molecular flexibility index (Phi) is 4.95. The van der Waals surface area contributed by atoms with Crippen molar-refractivity contribution in [2.45, 2.75) is 30.6 Å². The molecule has 0 aliphatic carbocycles. The standard InChI is InChI=1S/C26H23N3O5/c30-25-24-23(20-11-13-21(14-12-20)29(31)32)27(15-18-7-3-1-4-8-18)26(34-24)17-33-16-22(28(25)26)19-9-5-2-6-10-19/h1-14,22-24H,15-17H2/t22-,23+,24-,26+/m0/s1. The van der Waals surface area contributed by atoms with E-state index in [0.29, 0.717) is 13.2 Å². The summed E-state index contributed by atoms with van der Waals surface area (Å²) in [5, 5.41) is 11.2. The number of nitro benzene ring substituents is 1. The lowest BCUT2D eigenvalue weighted by atomic mass is 9.93. The minimum absolute atomic E-state index is 0.0127. The van der Waals surface area contributed by atoms with Gasteiger partial charge in [0.25, 0.3) is 11.6 Å². The molecule has 1 amide bonds. The maximum Gasteiger partial charge on any atom is 0.269 e. The van der Waals surface area contributed by atoms with Gasteiger partial charge in [0.05, 0.1) is 23.6 Å². The zero-order valence-electron chi connectivity index (χ0n) is 18.3. The van der Waals surface area contributed by atoms with Gasteiger partial charge < -0.3 is 9.47 Å². The summed E-state index contributed by atoms with van der Waals surface area (Å²) in [5.74, 6) is -1.13. The second-order valence-corrected chi connectivity index (χ2v) is 8.84. The van der Waals surface area contributed by atoms with E-state index in [1.165, 1.54) is 12.1 Å². The molecule has 3 fully saturated rings. The molecule has 4 atom stereocenters. The summed E-state index contributed by atoms with van der Waals surface area (Å²) in [6.45, 7) is 1.16. The SMILES string of the molecule is O=C1[C@H]2O[C@]3(COC[C@@H](c4ccccc4)N13)N(Cc1ccccc1)[C@@H]2c1ccc([N+](=O)[O-])cc1. The van der Waals surface area contributed by atoms with Crippen LogP contribution in [0.25, 0.3) is 0 Å². The first-order chi connectivity index (χ1) is 16.6. The lowest BCUT2D eigenvalue weighted by Crippen LogP contribution is -2.67. The molecule has 172 valence electrons. The molecule has 3 saturated heterocycles. The molecule has 3 aromatic carbocycles. The van der Waals surface area contributed by atoms with Gasteiger partial charge in [0.15, 0.2) is 6.10 Å². The minimum Gasteiger partial charge on any atom is -0.372 e. The molecule has 0 aromatic heterocycles. The molecule has 2 bridgehead atoms. The van der Waals surface area contributed by atoms with Crippen molar-refractivity contribution in [1.29, 1.82) is 0 Å². The maximum atomic E-state index is 13.7. The Labute approximate surface area is 196 Å². The quantitative estimate of drug-likeness (QED) is 0.428. The van der Waals surface area contributed by atoms with Crippen LogP contribution < -0.4 is 0 Å². The lowest BCUT2D eigenvalue weighted by molar-refractivity contribution is -0.384. The highest BCUT2D eigenvalue weighted by Gasteiger charge is 2.69. The number of hydrogen-bond donors (Lipinski definition) is 0. The summed E-state index contributed by atoms with van der Waals surface area (Å²) >= 11 is 0. The second-order valence-electron chi connectivity index (χ2n) is 8.84. The van der Waals surface area contributed by atoms with E-state index in [2.05, 4.69) is 4.90 Å². The highest BCUT2D eigenvalue weighted by atomic mass is 16.6. The number of rotatable bonds is 5. The summed E-state index contributed by atoms with van der Waals surface area (Å²) in [6.07, 6.45) is -0.724. The Morgan fingerprint density at radius 1 is 0.941 bits per heavy atom. The van der Waals surface area contributed by atoms with Crippen molar-refractivity contribution in [1.82, 2.24) is 9.80 Å². The smallest absolute Gasteiger partial charge is 0.269 e. The van der Waals surface area contributed by atoms with Crippen LogP contribution in [0.3, 0.4) is 0 Å². The first-order valence-corrected chi connectivity index (χ1v) is 11.3. The van der Waals surface area contributed by atoms with Crippen LogP contribution in [0, 0.1) is 10.1 Å². The summed E-state index contributed by atoms with van der Waals surface area (Å²) in [7, 11) is 0. The van der Waals surface area contributed by atoms with E-state index >= 15 is 0 Å². The van der Waals surface area contributed by atoms with Crippen molar-refractivity contribution in [3.05, 3.63) is 112 Å². The Balaban J connectivity index is 1.44. The normalized spacial score (nSPS) is 28.2. The molecular weight excluding hydrogens is 434 g/mol. The van der Waals surface area contributed by atoms with Crippen LogP contribution >= 0.6 is 0 Å². The number of morpholine rings is 1. The molecule has 1 spiro atoms. The van der Waals surface area contributed by atoms with Gasteiger partial charge in [-0.05, 0) is 16.7 Å². The molecular formula is C26H23N3O5. The number of nitro groups is 1. The van der Waals surface area contributed by atoms with Crippen molar-refractivity contribution in [3.8, 4) is 0 Å². The van der Waals surface area contributed by atoms with Gasteiger partial charge in [-0.3, -0.25) is 19.8 Å². The predicted molar refractivity (Wildman–Crippen MR) is 122 cm³/mol. The van der Waals surface area contributed by atoms with Crippen LogP contribution in [-0.2, 0) is 20.8 Å². The molecule has 3 aliphatic heterocycles. The summed E-state index contributed by atoms with van der Waals surface area (Å²) < 4.78 is 12.6. The van der Waals surface area contributed by atoms with Gasteiger partial charge in [0.1, 0.15) is 6.61 Å². The molecule has 8 nitrogen and oxygen atoms in total. The fourth-order valence-corrected chi connectivity index (χ4v) is 5.44. The largest absolute Gasteiger partial charge is 0.372 e. The van der Waals surface area contributed by atoms with Crippen LogP contribution in [-0.4, -0.2) is 45.8 Å². The lowest BCUT2D eigenvalue weighted by Gasteiger charge is -2.52. The molecule has 3 aliphatic rings. The van der Waals surface area contributed by atoms with E-state index in [1.54, 1.807) is 12.1 Å². The zero-order chi connectivity index (χ0) is 23.3. The fourth-order valence-electron chi connectivity index (χ4n) is 5.44. The van der Waals surface area contributed by atoms with E-state index in [9.17, 15) is 14.9 Å². The van der Waals surface area contributed by atoms with Gasteiger partial charge in [-0.25, -0.2) is 4.90 Å². The van der Waals surface area contributed by atoms with Gasteiger partial charge in [-0.1, -0.05) is 72.8 Å². The van der Waals surface area contributed by atoms with Crippen molar-refractivity contribution < 1.29 is 19.2 Å². The third-order valence-electron chi connectivity index (χ3n) is 6.95. The average molecular weight is 457 g/mol. The number of ether oxygens (including phenoxy) is 2. The van der Waals surface area contributed by atoms with Crippen LogP contribution in [0.1, 0.15) is 28.8 Å². The van der Waals surface area contributed by atoms with Gasteiger partial charge in [-0.15, -0.1) is 0 Å². The average Bonchev–Trinajstić information content (AvgIpc) is 3.34. The molecule has 0 unspecified atom stereocenters. The number of carbonyl (C=O) groups excluding carboxylic acids is 1. The predicted octanol–water partition coefficient (Wildman–Crippen LogP) is 3.80. The third kappa shape index (κ3) is 3.14. The zero-order valence-corrected chi connectivity index (χ0v) is 18.3. The van der Waals surface area contributed by atoms with Crippen LogP contribution in [0.5, 0.6) is 0 Å². The minimum atomic E-state index is -1.05. The van der Waals surface area contributed by atoms with Crippen molar-refractivity contribution in [2.24, 2.45) is 0 Å². The first-order valence-electron chi connectivity index (χ1n) is 11.3. The van der Waals surface area contributed by atoms with E-state index in [-0.39, 0.29) is 30.3 Å². The number of amides is 1. The van der Waals surface area contributed by atoms with E-state index in [4.69, 9.17) is 9.47 Å². The monoisotopic (exact) mass is 457 g/mol. The summed E-state index contributed by atoms with van der Waals surface area (Å²) in [6, 6.07) is 25.6. The number of non-ortho nitro benzene ring substituents is 1. The Morgan fingerprint density at radius 2 is 1.62 bits per heavy atom. The maximum absolute atomic E-state index is 13.7. The number of carbonyl (C=O) groups is 1. The molecule has 3 aromatic rings. The number of nitrogens with zero attached hydrogens (tertiary/aromatic N) is 3. The molecule has 0 saturated carbocycles. The van der Waals surface area contributed by atoms with Crippen LogP contribution in [0.15, 0.2) is 84.9 Å². The fraction of sp³-hybridized carbons (Fsp3) is 0.269. The van der Waals surface area contributed by atoms with Gasteiger partial charge in [0.2, 0.25) is 5.85 Å². The summed E-state index contributed by atoms with van der Waals surface area (Å²) in [4.78, 5) is 28.5. The van der Waals surface area contributed by atoms with Gasteiger partial charge in [0, 0.05) is 18.7 Å². The molecule has 34 heavy (non-hydrogen) atoms. The van der Waals surface area contributed by atoms with Crippen LogP contribution in [0.2, 0.25) is 0 Å².